The van der Waals surface area contributed by atoms with E-state index in [4.69, 9.17) is 6.42 Å². The molecule has 0 heterocycles. The normalized spacial score (nSPS) is 16.6. The van der Waals surface area contributed by atoms with Crippen LogP contribution in [0.2, 0.25) is 0 Å². The van der Waals surface area contributed by atoms with Gasteiger partial charge >= 0.3 is 0 Å². The molecule has 104 valence electrons. The lowest BCUT2D eigenvalue weighted by Gasteiger charge is -2.20. The maximum absolute atomic E-state index is 5.22. The van der Waals surface area contributed by atoms with E-state index < -0.39 is 0 Å². The minimum Gasteiger partial charge on any atom is -0.357 e. The van der Waals surface area contributed by atoms with Crippen LogP contribution in [0.25, 0.3) is 0 Å². The van der Waals surface area contributed by atoms with Gasteiger partial charge in [-0.1, -0.05) is 38.0 Å². The van der Waals surface area contributed by atoms with Crippen LogP contribution < -0.4 is 10.6 Å². The summed E-state index contributed by atoms with van der Waals surface area (Å²) < 4.78 is 0. The van der Waals surface area contributed by atoms with Crippen LogP contribution in [0, 0.1) is 18.3 Å². The zero-order chi connectivity index (χ0) is 12.3. The lowest BCUT2D eigenvalue weighted by molar-refractivity contribution is 0.343. The molecule has 1 fully saturated rings. The van der Waals surface area contributed by atoms with Crippen molar-refractivity contribution in [3.63, 3.8) is 0 Å². The van der Waals surface area contributed by atoms with Crippen molar-refractivity contribution in [1.29, 1.82) is 0 Å². The van der Waals surface area contributed by atoms with E-state index >= 15 is 0 Å². The van der Waals surface area contributed by atoms with Crippen LogP contribution in [-0.2, 0) is 0 Å². The van der Waals surface area contributed by atoms with Crippen molar-refractivity contribution in [3.05, 3.63) is 0 Å². The summed E-state index contributed by atoms with van der Waals surface area (Å²) in [6.45, 7) is 4.38. The molecule has 0 saturated heterocycles. The monoisotopic (exact) mass is 363 g/mol. The van der Waals surface area contributed by atoms with E-state index in [1.165, 1.54) is 38.5 Å². The van der Waals surface area contributed by atoms with E-state index in [2.05, 4.69) is 28.5 Å². The first kappa shape index (κ1) is 17.6. The summed E-state index contributed by atoms with van der Waals surface area (Å²) in [6, 6.07) is 0. The highest BCUT2D eigenvalue weighted by Crippen LogP contribution is 2.25. The van der Waals surface area contributed by atoms with Crippen molar-refractivity contribution in [2.24, 2.45) is 10.9 Å². The highest BCUT2D eigenvalue weighted by molar-refractivity contribution is 14.0. The Bertz CT molecular complexity index is 265. The summed E-state index contributed by atoms with van der Waals surface area (Å²) in [5.41, 5.74) is 0. The smallest absolute Gasteiger partial charge is 0.192 e. The van der Waals surface area contributed by atoms with Gasteiger partial charge in [0.2, 0.25) is 0 Å². The van der Waals surface area contributed by atoms with E-state index in [0.717, 1.165) is 25.0 Å². The quantitative estimate of drug-likeness (QED) is 0.341. The van der Waals surface area contributed by atoms with Gasteiger partial charge in [-0.3, -0.25) is 4.99 Å². The molecule has 0 aliphatic heterocycles. The lowest BCUT2D eigenvalue weighted by atomic mass is 9.87. The van der Waals surface area contributed by atoms with Crippen molar-refractivity contribution in [2.45, 2.75) is 45.4 Å². The largest absolute Gasteiger partial charge is 0.357 e. The summed E-state index contributed by atoms with van der Waals surface area (Å²) in [7, 11) is 0. The molecule has 2 N–H and O–H groups in total. The first-order chi connectivity index (χ1) is 8.36. The molecule has 0 bridgehead atoms. The predicted octanol–water partition coefficient (Wildman–Crippen LogP) is 2.76. The second-order valence-corrected chi connectivity index (χ2v) is 4.61. The average Bonchev–Trinajstić information content (AvgIpc) is 2.37. The fourth-order valence-electron chi connectivity index (χ4n) is 2.31. The number of nitrogens with one attached hydrogen (secondary N) is 2. The second-order valence-electron chi connectivity index (χ2n) is 4.61. The van der Waals surface area contributed by atoms with Gasteiger partial charge in [0.05, 0.1) is 6.54 Å². The van der Waals surface area contributed by atoms with Gasteiger partial charge in [-0.25, -0.2) is 0 Å². The zero-order valence-corrected chi connectivity index (χ0v) is 13.7. The molecule has 1 aliphatic rings. The van der Waals surface area contributed by atoms with Gasteiger partial charge in [-0.15, -0.1) is 30.4 Å². The van der Waals surface area contributed by atoms with Crippen LogP contribution in [0.4, 0.5) is 0 Å². The molecule has 0 atom stereocenters. The van der Waals surface area contributed by atoms with Gasteiger partial charge in [-0.2, -0.15) is 0 Å². The fraction of sp³-hybridized carbons (Fsp3) is 0.786. The molecule has 1 aliphatic carbocycles. The molecule has 0 unspecified atom stereocenters. The van der Waals surface area contributed by atoms with Gasteiger partial charge in [-0.05, 0) is 19.3 Å². The van der Waals surface area contributed by atoms with E-state index in [1.54, 1.807) is 0 Å². The molecule has 1 saturated carbocycles. The predicted molar refractivity (Wildman–Crippen MR) is 89.4 cm³/mol. The minimum atomic E-state index is 0. The van der Waals surface area contributed by atoms with E-state index in [0.29, 0.717) is 6.54 Å². The third-order valence-corrected chi connectivity index (χ3v) is 3.23. The highest BCUT2D eigenvalue weighted by Gasteiger charge is 2.12. The third-order valence-electron chi connectivity index (χ3n) is 3.23. The SMILES string of the molecule is C#CCNC(=NCCC1CCCCC1)NCC.I. The Labute approximate surface area is 129 Å². The van der Waals surface area contributed by atoms with Crippen molar-refractivity contribution in [1.82, 2.24) is 10.6 Å². The Kier molecular flexibility index (Phi) is 11.4. The maximum Gasteiger partial charge on any atom is 0.192 e. The number of guanidine groups is 1. The molecule has 0 spiro atoms. The number of terminal acetylenes is 1. The standard InChI is InChI=1S/C14H25N3.HI/c1-3-11-16-14(15-4-2)17-12-10-13-8-6-5-7-9-13;/h1,13H,4-12H2,2H3,(H2,15,16,17);1H. The number of nitrogens with zero attached hydrogens (tertiary/aromatic N) is 1. The lowest BCUT2D eigenvalue weighted by Crippen LogP contribution is -2.37. The summed E-state index contributed by atoms with van der Waals surface area (Å²) in [5.74, 6) is 4.30. The molecule has 0 aromatic rings. The van der Waals surface area contributed by atoms with Crippen LogP contribution in [0.1, 0.15) is 45.4 Å². The van der Waals surface area contributed by atoms with Crippen LogP contribution in [-0.4, -0.2) is 25.6 Å². The summed E-state index contributed by atoms with van der Waals surface area (Å²) in [5, 5.41) is 6.31. The molecule has 18 heavy (non-hydrogen) atoms. The van der Waals surface area contributed by atoms with Crippen molar-refractivity contribution < 1.29 is 0 Å². The van der Waals surface area contributed by atoms with Crippen molar-refractivity contribution in [3.8, 4) is 12.3 Å². The number of hydrogen-bond acceptors (Lipinski definition) is 1. The molecule has 0 amide bonds. The van der Waals surface area contributed by atoms with Crippen LogP contribution >= 0.6 is 24.0 Å². The number of aliphatic imine (C=N–C) groups is 1. The summed E-state index contributed by atoms with van der Waals surface area (Å²) in [4.78, 5) is 4.54. The summed E-state index contributed by atoms with van der Waals surface area (Å²) >= 11 is 0. The molecular formula is C14H26IN3. The Balaban J connectivity index is 0.00000289. The number of hydrogen-bond donors (Lipinski definition) is 2. The highest BCUT2D eigenvalue weighted by atomic mass is 127. The molecule has 3 nitrogen and oxygen atoms in total. The first-order valence-electron chi connectivity index (χ1n) is 6.82. The van der Waals surface area contributed by atoms with E-state index in [-0.39, 0.29) is 24.0 Å². The van der Waals surface area contributed by atoms with Crippen LogP contribution in [0.3, 0.4) is 0 Å². The Morgan fingerprint density at radius 2 is 2.00 bits per heavy atom. The molecule has 1 rings (SSSR count). The Hall–Kier alpha value is -0.440. The zero-order valence-electron chi connectivity index (χ0n) is 11.4. The molecular weight excluding hydrogens is 337 g/mol. The summed E-state index contributed by atoms with van der Waals surface area (Å²) in [6.07, 6.45) is 13.5. The van der Waals surface area contributed by atoms with E-state index in [9.17, 15) is 0 Å². The topological polar surface area (TPSA) is 36.4 Å². The minimum absolute atomic E-state index is 0. The van der Waals surface area contributed by atoms with E-state index in [1.807, 2.05) is 0 Å². The van der Waals surface area contributed by atoms with Crippen LogP contribution in [0.15, 0.2) is 4.99 Å². The van der Waals surface area contributed by atoms with Gasteiger partial charge < -0.3 is 10.6 Å². The molecule has 0 aromatic carbocycles. The Morgan fingerprint density at radius 1 is 1.28 bits per heavy atom. The number of rotatable bonds is 5. The van der Waals surface area contributed by atoms with Crippen molar-refractivity contribution in [2.75, 3.05) is 19.6 Å². The average molecular weight is 363 g/mol. The van der Waals surface area contributed by atoms with Gasteiger partial charge in [0, 0.05) is 13.1 Å². The second kappa shape index (κ2) is 11.6. The van der Waals surface area contributed by atoms with Crippen molar-refractivity contribution >= 4 is 29.9 Å². The molecule has 0 aromatic heterocycles. The number of halogens is 1. The molecule has 0 radical (unpaired) electrons. The molecule has 4 heteroatoms. The van der Waals surface area contributed by atoms with Gasteiger partial charge in [0.15, 0.2) is 5.96 Å². The van der Waals surface area contributed by atoms with Gasteiger partial charge in [0.25, 0.3) is 0 Å². The maximum atomic E-state index is 5.22. The Morgan fingerprint density at radius 3 is 2.61 bits per heavy atom. The van der Waals surface area contributed by atoms with Gasteiger partial charge in [0.1, 0.15) is 0 Å². The third kappa shape index (κ3) is 7.80. The fourth-order valence-corrected chi connectivity index (χ4v) is 2.31. The first-order valence-corrected chi connectivity index (χ1v) is 6.82. The van der Waals surface area contributed by atoms with Crippen LogP contribution in [0.5, 0.6) is 0 Å².